The average molecular weight is 476 g/mol. The molecular weight excluding hydrogens is 460 g/mol. The summed E-state index contributed by atoms with van der Waals surface area (Å²) in [5.74, 6) is 0. The summed E-state index contributed by atoms with van der Waals surface area (Å²) >= 11 is 1.75. The van der Waals surface area contributed by atoms with Gasteiger partial charge in [-0.3, -0.25) is 0 Å². The molecule has 0 bridgehead atoms. The van der Waals surface area contributed by atoms with E-state index in [0.29, 0.717) is 0 Å². The minimum atomic E-state index is -0.137. The molecule has 6 rings (SSSR count). The van der Waals surface area contributed by atoms with Crippen LogP contribution in [0.15, 0.2) is 78.9 Å². The Morgan fingerprint density at radius 2 is 1.30 bits per heavy atom. The van der Waals surface area contributed by atoms with Gasteiger partial charge in [-0.15, -0.1) is 0 Å². The van der Waals surface area contributed by atoms with Crippen molar-refractivity contribution in [3.8, 4) is 10.4 Å². The Morgan fingerprint density at radius 1 is 0.630 bits per heavy atom. The molecule has 0 aliphatic heterocycles. The third-order valence-corrected chi connectivity index (χ3v) is 9.29. The fourth-order valence-corrected chi connectivity index (χ4v) is 7.78. The summed E-state index contributed by atoms with van der Waals surface area (Å²) in [6.07, 6.45) is 0. The number of hydrogen-bond donors (Lipinski definition) is 0. The van der Waals surface area contributed by atoms with Gasteiger partial charge < -0.3 is 0 Å². The molecule has 128 valence electrons. The van der Waals surface area contributed by atoms with Crippen molar-refractivity contribution < 1.29 is 0 Å². The molecule has 0 nitrogen and oxygen atoms in total. The van der Waals surface area contributed by atoms with Crippen LogP contribution in [-0.4, -0.2) is 20.4 Å². The second-order valence-electron chi connectivity index (χ2n) is 7.16. The molecule has 0 aliphatic rings. The van der Waals surface area contributed by atoms with Crippen molar-refractivity contribution >= 4 is 72.2 Å². The number of thiophene rings is 1. The first-order chi connectivity index (χ1) is 13.2. The van der Waals surface area contributed by atoms with Crippen molar-refractivity contribution in [1.82, 2.24) is 0 Å². The van der Waals surface area contributed by atoms with E-state index in [-0.39, 0.29) is 20.4 Å². The molecule has 2 aromatic heterocycles. The predicted octanol–water partition coefficient (Wildman–Crippen LogP) is 7.39. The van der Waals surface area contributed by atoms with Gasteiger partial charge in [0.25, 0.3) is 0 Å². The van der Waals surface area contributed by atoms with Crippen LogP contribution < -0.4 is 0 Å². The average Bonchev–Trinajstić information content (AvgIpc) is 3.24. The molecule has 0 saturated heterocycles. The third-order valence-electron chi connectivity index (χ3n) is 5.25. The van der Waals surface area contributed by atoms with Crippen molar-refractivity contribution in [3.05, 3.63) is 82.4 Å². The first-order valence-corrected chi connectivity index (χ1v) is 12.2. The van der Waals surface area contributed by atoms with Gasteiger partial charge in [0, 0.05) is 0 Å². The molecule has 6 aromatic rings. The molecule has 0 N–H and O–H groups in total. The maximum absolute atomic E-state index is 2.44. The van der Waals surface area contributed by atoms with Crippen LogP contribution in [0.4, 0.5) is 0 Å². The van der Waals surface area contributed by atoms with Crippen LogP contribution in [0.5, 0.6) is 0 Å². The van der Waals surface area contributed by atoms with Gasteiger partial charge in [0.2, 0.25) is 0 Å². The van der Waals surface area contributed by atoms with Gasteiger partial charge in [-0.05, 0) is 0 Å². The monoisotopic (exact) mass is 478 g/mol. The molecule has 2 heteroatoms. The molecule has 0 unspecified atom stereocenters. The van der Waals surface area contributed by atoms with Crippen molar-refractivity contribution in [3.63, 3.8) is 0 Å². The van der Waals surface area contributed by atoms with Crippen LogP contribution in [0.25, 0.3) is 50.9 Å². The molecule has 0 spiro atoms. The molecule has 0 aliphatic carbocycles. The molecule has 0 fully saturated rings. The Balaban J connectivity index is 1.61. The van der Waals surface area contributed by atoms with E-state index in [1.165, 1.54) is 47.5 Å². The Kier molecular flexibility index (Phi) is 3.50. The van der Waals surface area contributed by atoms with E-state index in [0.717, 1.165) is 0 Å². The second kappa shape index (κ2) is 5.94. The number of benzene rings is 4. The summed E-state index contributed by atoms with van der Waals surface area (Å²) in [5.41, 5.74) is 1.30. The van der Waals surface area contributed by atoms with Crippen LogP contribution in [0.2, 0.25) is 0 Å². The summed E-state index contributed by atoms with van der Waals surface area (Å²) in [4.78, 5) is 1.34. The molecule has 0 amide bonds. The SMILES string of the molecule is Cc1cc2cc3cc4cc5sc(-c6ccccc6)cc5cc4cc3cc2[te]1. The van der Waals surface area contributed by atoms with E-state index in [2.05, 4.69) is 85.8 Å². The standard InChI is InChI=1S/C25H16STe/c1-15-7-22-11-18-8-19-12-24-21(10-17(19)9-20(18)14-25(22)27-15)13-23(26-24)16-5-3-2-4-6-16/h2-14H,1H3. The molecule has 2 heterocycles. The van der Waals surface area contributed by atoms with Gasteiger partial charge in [0.1, 0.15) is 0 Å². The minimum absolute atomic E-state index is 0.137. The van der Waals surface area contributed by atoms with Crippen molar-refractivity contribution in [2.45, 2.75) is 6.92 Å². The maximum atomic E-state index is 2.44. The number of aryl methyl sites for hydroxylation is 1. The van der Waals surface area contributed by atoms with Gasteiger partial charge in [0.05, 0.1) is 0 Å². The van der Waals surface area contributed by atoms with E-state index >= 15 is 0 Å². The molecule has 0 radical (unpaired) electrons. The van der Waals surface area contributed by atoms with Crippen LogP contribution >= 0.6 is 11.3 Å². The van der Waals surface area contributed by atoms with Crippen LogP contribution in [-0.2, 0) is 0 Å². The fourth-order valence-electron chi connectivity index (χ4n) is 3.95. The first kappa shape index (κ1) is 15.9. The zero-order valence-corrected chi connectivity index (χ0v) is 18.0. The zero-order chi connectivity index (χ0) is 18.0. The van der Waals surface area contributed by atoms with E-state index in [4.69, 9.17) is 0 Å². The van der Waals surface area contributed by atoms with Crippen LogP contribution in [0, 0.1) is 6.92 Å². The van der Waals surface area contributed by atoms with E-state index in [9.17, 15) is 0 Å². The molecule has 0 saturated carbocycles. The van der Waals surface area contributed by atoms with Gasteiger partial charge in [-0.2, -0.15) is 0 Å². The summed E-state index contributed by atoms with van der Waals surface area (Å²) in [5, 5.41) is 8.22. The van der Waals surface area contributed by atoms with Crippen LogP contribution in [0.1, 0.15) is 3.58 Å². The quantitative estimate of drug-likeness (QED) is 0.172. The van der Waals surface area contributed by atoms with Gasteiger partial charge in [-0.1, -0.05) is 6.07 Å². The predicted molar refractivity (Wildman–Crippen MR) is 121 cm³/mol. The molecule has 4 aromatic carbocycles. The van der Waals surface area contributed by atoms with Gasteiger partial charge >= 0.3 is 166 Å². The van der Waals surface area contributed by atoms with Crippen molar-refractivity contribution in [1.29, 1.82) is 0 Å². The normalized spacial score (nSPS) is 11.9. The Morgan fingerprint density at radius 3 is 2.11 bits per heavy atom. The molecular formula is C25H16STe. The van der Waals surface area contributed by atoms with E-state index in [1.54, 1.807) is 6.98 Å². The Labute approximate surface area is 171 Å². The number of fused-ring (bicyclic) bond motifs is 4. The van der Waals surface area contributed by atoms with E-state index < -0.39 is 0 Å². The molecule has 0 atom stereocenters. The first-order valence-electron chi connectivity index (χ1n) is 9.10. The molecule has 27 heavy (non-hydrogen) atoms. The summed E-state index contributed by atoms with van der Waals surface area (Å²) in [6, 6.07) is 29.7. The van der Waals surface area contributed by atoms with E-state index in [1.807, 2.05) is 11.3 Å². The van der Waals surface area contributed by atoms with Gasteiger partial charge in [-0.25, -0.2) is 0 Å². The fraction of sp³-hybridized carbons (Fsp3) is 0.0400. The van der Waals surface area contributed by atoms with Crippen LogP contribution in [0.3, 0.4) is 0 Å². The van der Waals surface area contributed by atoms with Gasteiger partial charge in [0.15, 0.2) is 0 Å². The third kappa shape index (κ3) is 2.64. The number of rotatable bonds is 1. The van der Waals surface area contributed by atoms with Crippen molar-refractivity contribution in [2.24, 2.45) is 0 Å². The number of hydrogen-bond acceptors (Lipinski definition) is 1. The van der Waals surface area contributed by atoms with Crippen molar-refractivity contribution in [2.75, 3.05) is 0 Å². The summed E-state index contributed by atoms with van der Waals surface area (Å²) in [6.45, 7) is 2.28. The summed E-state index contributed by atoms with van der Waals surface area (Å²) < 4.78 is 4.54. The topological polar surface area (TPSA) is 0 Å². The Bertz CT molecular complexity index is 1380. The summed E-state index contributed by atoms with van der Waals surface area (Å²) in [7, 11) is 0. The zero-order valence-electron chi connectivity index (χ0n) is 14.8. The Hall–Kier alpha value is -2.11. The second-order valence-corrected chi connectivity index (χ2v) is 11.9.